The van der Waals surface area contributed by atoms with Crippen LogP contribution in [0, 0.1) is 0 Å². The Morgan fingerprint density at radius 2 is 2.38 bits per heavy atom. The van der Waals surface area contributed by atoms with Gasteiger partial charge in [0.1, 0.15) is 11.6 Å². The minimum absolute atomic E-state index is 0.0578. The molecule has 3 atom stereocenters. The molecule has 1 amide bonds. The smallest absolute Gasteiger partial charge is 0.328 e. The van der Waals surface area contributed by atoms with Crippen molar-refractivity contribution in [1.29, 1.82) is 0 Å². The van der Waals surface area contributed by atoms with Crippen molar-refractivity contribution < 1.29 is 14.3 Å². The van der Waals surface area contributed by atoms with Gasteiger partial charge in [-0.2, -0.15) is 0 Å². The molecule has 2 saturated heterocycles. The van der Waals surface area contributed by atoms with E-state index in [2.05, 4.69) is 18.3 Å². The van der Waals surface area contributed by atoms with E-state index < -0.39 is 11.6 Å². The second-order valence-electron chi connectivity index (χ2n) is 6.25. The van der Waals surface area contributed by atoms with Gasteiger partial charge in [-0.1, -0.05) is 25.5 Å². The predicted molar refractivity (Wildman–Crippen MR) is 78.6 cm³/mol. The largest absolute Gasteiger partial charge is 0.464 e. The number of fused-ring (bicyclic) bond motifs is 1. The minimum atomic E-state index is -0.567. The molecule has 3 aliphatic heterocycles. The molecule has 21 heavy (non-hydrogen) atoms. The van der Waals surface area contributed by atoms with Crippen LogP contribution in [0.4, 0.5) is 0 Å². The number of unbranched alkanes of at least 4 members (excludes halogenated alkanes) is 1. The lowest BCUT2D eigenvalue weighted by molar-refractivity contribution is -0.156. The Morgan fingerprint density at radius 3 is 3.10 bits per heavy atom. The van der Waals surface area contributed by atoms with Gasteiger partial charge in [0.25, 0.3) is 0 Å². The number of hydrogen-bond acceptors (Lipinski definition) is 4. The van der Waals surface area contributed by atoms with E-state index in [1.54, 1.807) is 4.90 Å². The van der Waals surface area contributed by atoms with Crippen LogP contribution in [0.25, 0.3) is 0 Å². The monoisotopic (exact) mass is 292 g/mol. The van der Waals surface area contributed by atoms with E-state index in [0.29, 0.717) is 13.0 Å². The van der Waals surface area contributed by atoms with E-state index in [0.717, 1.165) is 38.6 Å². The number of ether oxygens (including phenoxy) is 1. The third-order valence-electron chi connectivity index (χ3n) is 4.85. The molecule has 3 rings (SSSR count). The van der Waals surface area contributed by atoms with Gasteiger partial charge in [0, 0.05) is 0 Å². The third kappa shape index (κ3) is 2.48. The summed E-state index contributed by atoms with van der Waals surface area (Å²) >= 11 is 0. The van der Waals surface area contributed by atoms with Gasteiger partial charge in [0.2, 0.25) is 5.91 Å². The summed E-state index contributed by atoms with van der Waals surface area (Å²) in [5.74, 6) is -0.176. The zero-order valence-electron chi connectivity index (χ0n) is 12.6. The highest BCUT2D eigenvalue weighted by atomic mass is 16.5. The third-order valence-corrected chi connectivity index (χ3v) is 4.85. The molecule has 116 valence electrons. The van der Waals surface area contributed by atoms with Gasteiger partial charge in [-0.25, -0.2) is 4.79 Å². The van der Waals surface area contributed by atoms with Crippen LogP contribution in [0.5, 0.6) is 0 Å². The summed E-state index contributed by atoms with van der Waals surface area (Å²) in [7, 11) is 0. The highest BCUT2D eigenvalue weighted by Gasteiger charge is 2.51. The lowest BCUT2D eigenvalue weighted by atomic mass is 9.90. The zero-order chi connectivity index (χ0) is 14.9. The maximum Gasteiger partial charge on any atom is 0.328 e. The van der Waals surface area contributed by atoms with E-state index >= 15 is 0 Å². The molecule has 0 aliphatic carbocycles. The van der Waals surface area contributed by atoms with E-state index in [4.69, 9.17) is 4.74 Å². The first-order valence-electron chi connectivity index (χ1n) is 8.12. The molecule has 1 N–H and O–H groups in total. The average Bonchev–Trinajstić information content (AvgIpc) is 3.11. The molecule has 3 heterocycles. The van der Waals surface area contributed by atoms with Crippen molar-refractivity contribution >= 4 is 11.9 Å². The van der Waals surface area contributed by atoms with Crippen LogP contribution in [0.2, 0.25) is 0 Å². The summed E-state index contributed by atoms with van der Waals surface area (Å²) in [6, 6.07) is -0.335. The van der Waals surface area contributed by atoms with E-state index in [1.165, 1.54) is 0 Å². The number of amides is 1. The summed E-state index contributed by atoms with van der Waals surface area (Å²) in [4.78, 5) is 26.9. The van der Waals surface area contributed by atoms with Crippen LogP contribution in [-0.4, -0.2) is 47.6 Å². The molecule has 5 nitrogen and oxygen atoms in total. The molecule has 0 saturated carbocycles. The van der Waals surface area contributed by atoms with Crippen molar-refractivity contribution in [2.45, 2.75) is 63.1 Å². The molecular formula is C16H24N2O3. The van der Waals surface area contributed by atoms with Gasteiger partial charge in [-0.3, -0.25) is 4.79 Å². The highest BCUT2D eigenvalue weighted by molar-refractivity contribution is 5.94. The fraction of sp³-hybridized carbons (Fsp3) is 0.750. The standard InChI is InChI=1S/C16H24N2O3/c1-2-3-11-21-14(19)13-6-5-12-7-9-16(8-4-10-17-16)15(20)18(12)13/h7,9,12-13,17H,2-6,8,10-11H2,1H3/t12-,13+,16+/m0/s1. The number of nitrogens with one attached hydrogen (secondary N) is 1. The van der Waals surface area contributed by atoms with Crippen LogP contribution < -0.4 is 5.32 Å². The normalized spacial score (nSPS) is 34.5. The quantitative estimate of drug-likeness (QED) is 0.483. The number of nitrogens with zero attached hydrogens (tertiary/aromatic N) is 1. The summed E-state index contributed by atoms with van der Waals surface area (Å²) in [6.07, 6.45) is 9.38. The molecule has 0 aromatic carbocycles. The molecule has 3 aliphatic rings. The maximum atomic E-state index is 12.9. The van der Waals surface area contributed by atoms with E-state index in [1.807, 2.05) is 6.08 Å². The van der Waals surface area contributed by atoms with Crippen molar-refractivity contribution in [1.82, 2.24) is 10.2 Å². The van der Waals surface area contributed by atoms with Crippen molar-refractivity contribution in [3.8, 4) is 0 Å². The fourth-order valence-electron chi connectivity index (χ4n) is 3.63. The van der Waals surface area contributed by atoms with Crippen LogP contribution in [-0.2, 0) is 14.3 Å². The number of hydrogen-bond donors (Lipinski definition) is 1. The lowest BCUT2D eigenvalue weighted by Gasteiger charge is -2.39. The molecule has 5 heteroatoms. The van der Waals surface area contributed by atoms with Gasteiger partial charge < -0.3 is 15.0 Å². The second kappa shape index (κ2) is 5.79. The van der Waals surface area contributed by atoms with Crippen LogP contribution >= 0.6 is 0 Å². The zero-order valence-corrected chi connectivity index (χ0v) is 12.6. The number of carbonyl (C=O) groups is 2. The van der Waals surface area contributed by atoms with Gasteiger partial charge in [-0.05, 0) is 38.6 Å². The van der Waals surface area contributed by atoms with Crippen LogP contribution in [0.1, 0.15) is 45.4 Å². The minimum Gasteiger partial charge on any atom is -0.464 e. The maximum absolute atomic E-state index is 12.9. The molecule has 0 aromatic heterocycles. The Hall–Kier alpha value is -1.36. The van der Waals surface area contributed by atoms with Crippen molar-refractivity contribution in [3.63, 3.8) is 0 Å². The fourth-order valence-corrected chi connectivity index (χ4v) is 3.63. The highest BCUT2D eigenvalue weighted by Crippen LogP contribution is 2.36. The van der Waals surface area contributed by atoms with Crippen LogP contribution in [0.15, 0.2) is 12.2 Å². The Balaban J connectivity index is 1.73. The molecular weight excluding hydrogens is 268 g/mol. The van der Waals surface area contributed by atoms with Gasteiger partial charge in [0.15, 0.2) is 0 Å². The lowest BCUT2D eigenvalue weighted by Crippen LogP contribution is -2.60. The Labute approximate surface area is 125 Å². The van der Waals surface area contributed by atoms with Gasteiger partial charge >= 0.3 is 5.97 Å². The predicted octanol–water partition coefficient (Wildman–Crippen LogP) is 1.38. The van der Waals surface area contributed by atoms with E-state index in [9.17, 15) is 9.59 Å². The molecule has 0 unspecified atom stereocenters. The molecule has 2 fully saturated rings. The first kappa shape index (κ1) is 14.6. The summed E-state index contributed by atoms with van der Waals surface area (Å²) in [5, 5.41) is 3.32. The SMILES string of the molecule is CCCCOC(=O)[C@H]1CC[C@H]2C=C[C@]3(CCCN3)C(=O)N21. The van der Waals surface area contributed by atoms with Gasteiger partial charge in [-0.15, -0.1) is 0 Å². The molecule has 0 bridgehead atoms. The summed E-state index contributed by atoms with van der Waals surface area (Å²) in [5.41, 5.74) is -0.567. The number of esters is 1. The molecule has 1 spiro atoms. The average molecular weight is 292 g/mol. The summed E-state index contributed by atoms with van der Waals surface area (Å²) < 4.78 is 5.34. The Kier molecular flexibility index (Phi) is 4.02. The first-order valence-corrected chi connectivity index (χ1v) is 8.12. The topological polar surface area (TPSA) is 58.6 Å². The first-order chi connectivity index (χ1) is 10.2. The Morgan fingerprint density at radius 1 is 1.52 bits per heavy atom. The van der Waals surface area contributed by atoms with Gasteiger partial charge in [0.05, 0.1) is 12.6 Å². The Bertz CT molecular complexity index is 454. The molecule has 0 radical (unpaired) electrons. The summed E-state index contributed by atoms with van der Waals surface area (Å²) in [6.45, 7) is 3.38. The van der Waals surface area contributed by atoms with Crippen molar-refractivity contribution in [2.24, 2.45) is 0 Å². The number of rotatable bonds is 4. The molecule has 0 aromatic rings. The number of carbonyl (C=O) groups excluding carboxylic acids is 2. The van der Waals surface area contributed by atoms with Crippen molar-refractivity contribution in [3.05, 3.63) is 12.2 Å². The van der Waals surface area contributed by atoms with E-state index in [-0.39, 0.29) is 17.9 Å². The van der Waals surface area contributed by atoms with Crippen LogP contribution in [0.3, 0.4) is 0 Å². The second-order valence-corrected chi connectivity index (χ2v) is 6.25. The van der Waals surface area contributed by atoms with Crippen molar-refractivity contribution in [2.75, 3.05) is 13.2 Å².